The number of rotatable bonds is 10. The summed E-state index contributed by atoms with van der Waals surface area (Å²) in [6.45, 7) is 3.89. The van der Waals surface area contributed by atoms with Crippen LogP contribution < -0.4 is 19.5 Å². The highest BCUT2D eigenvalue weighted by Gasteiger charge is 2.20. The minimum atomic E-state index is -0.581. The fourth-order valence-corrected chi connectivity index (χ4v) is 2.89. The number of anilines is 1. The van der Waals surface area contributed by atoms with Crippen molar-refractivity contribution in [3.8, 4) is 28.5 Å². The van der Waals surface area contributed by atoms with Crippen LogP contribution >= 0.6 is 0 Å². The van der Waals surface area contributed by atoms with Gasteiger partial charge in [0.1, 0.15) is 11.4 Å². The van der Waals surface area contributed by atoms with Crippen LogP contribution in [0.3, 0.4) is 0 Å². The Hall–Kier alpha value is -4.08. The second kappa shape index (κ2) is 10.8. The Morgan fingerprint density at radius 1 is 0.969 bits per heavy atom. The van der Waals surface area contributed by atoms with E-state index in [1.54, 1.807) is 43.3 Å². The molecule has 0 saturated carbocycles. The van der Waals surface area contributed by atoms with E-state index in [1.165, 1.54) is 7.11 Å². The minimum Gasteiger partial charge on any atom is -0.495 e. The van der Waals surface area contributed by atoms with E-state index in [4.69, 9.17) is 18.9 Å². The lowest BCUT2D eigenvalue weighted by Crippen LogP contribution is -2.20. The van der Waals surface area contributed by atoms with Crippen LogP contribution in [0.1, 0.15) is 24.3 Å². The van der Waals surface area contributed by atoms with Crippen LogP contribution in [0.4, 0.5) is 5.69 Å². The Balaban J connectivity index is 1.75. The molecule has 0 atom stereocenters. The third-order valence-electron chi connectivity index (χ3n) is 4.27. The summed E-state index contributed by atoms with van der Waals surface area (Å²) in [5.74, 6) is 0.370. The summed E-state index contributed by atoms with van der Waals surface area (Å²) in [4.78, 5) is 24.4. The van der Waals surface area contributed by atoms with Gasteiger partial charge in [0.2, 0.25) is 0 Å². The van der Waals surface area contributed by atoms with Crippen LogP contribution in [-0.2, 0) is 9.53 Å². The van der Waals surface area contributed by atoms with Crippen LogP contribution in [0.25, 0.3) is 11.3 Å². The number of hydrogen-bond acceptors (Lipinski definition) is 8. The lowest BCUT2D eigenvalue weighted by atomic mass is 10.1. The van der Waals surface area contributed by atoms with Crippen molar-refractivity contribution in [3.63, 3.8) is 0 Å². The van der Waals surface area contributed by atoms with E-state index in [0.717, 1.165) is 0 Å². The monoisotopic (exact) mass is 440 g/mol. The topological polar surface area (TPSA) is 125 Å². The molecule has 0 saturated heterocycles. The van der Waals surface area contributed by atoms with Crippen LogP contribution in [0.5, 0.6) is 17.2 Å². The number of nitrogens with zero attached hydrogens (tertiary/aromatic N) is 2. The zero-order valence-electron chi connectivity index (χ0n) is 18.0. The Kier molecular flexibility index (Phi) is 7.63. The number of carbonyl (C=O) groups is 2. The van der Waals surface area contributed by atoms with Crippen LogP contribution in [0.15, 0.2) is 42.5 Å². The summed E-state index contributed by atoms with van der Waals surface area (Å²) in [6.07, 6.45) is 0. The second-order valence-corrected chi connectivity index (χ2v) is 6.37. The number of para-hydroxylation sites is 2. The van der Waals surface area contributed by atoms with Gasteiger partial charge < -0.3 is 24.3 Å². The van der Waals surface area contributed by atoms with E-state index < -0.39 is 5.97 Å². The third-order valence-corrected chi connectivity index (χ3v) is 4.27. The number of ether oxygens (including phenoxy) is 4. The summed E-state index contributed by atoms with van der Waals surface area (Å²) in [6, 6.07) is 12.1. The highest BCUT2D eigenvalue weighted by molar-refractivity contribution is 5.94. The van der Waals surface area contributed by atoms with Crippen molar-refractivity contribution in [1.29, 1.82) is 0 Å². The molecule has 0 unspecified atom stereocenters. The third kappa shape index (κ3) is 5.34. The highest BCUT2D eigenvalue weighted by atomic mass is 16.5. The Morgan fingerprint density at radius 2 is 1.78 bits per heavy atom. The van der Waals surface area contributed by atoms with Crippen LogP contribution in [0.2, 0.25) is 0 Å². The smallest absolute Gasteiger partial charge is 0.361 e. The molecule has 0 radical (unpaired) electrons. The first-order valence-electron chi connectivity index (χ1n) is 9.98. The van der Waals surface area contributed by atoms with Gasteiger partial charge in [0.25, 0.3) is 5.91 Å². The van der Waals surface area contributed by atoms with Gasteiger partial charge in [0, 0.05) is 5.56 Å². The van der Waals surface area contributed by atoms with Crippen molar-refractivity contribution >= 4 is 17.6 Å². The zero-order valence-corrected chi connectivity index (χ0v) is 18.0. The lowest BCUT2D eigenvalue weighted by molar-refractivity contribution is -0.118. The minimum absolute atomic E-state index is 0.0687. The first-order chi connectivity index (χ1) is 15.6. The van der Waals surface area contributed by atoms with Gasteiger partial charge in [-0.25, -0.2) is 4.79 Å². The van der Waals surface area contributed by atoms with Gasteiger partial charge in [0.15, 0.2) is 23.8 Å². The second-order valence-electron chi connectivity index (χ2n) is 6.37. The number of esters is 1. The quantitative estimate of drug-likeness (QED) is 0.461. The Bertz CT molecular complexity index is 1080. The maximum absolute atomic E-state index is 12.4. The number of H-pyrrole nitrogens is 1. The molecule has 1 aromatic heterocycles. The van der Waals surface area contributed by atoms with Gasteiger partial charge in [-0.2, -0.15) is 10.3 Å². The van der Waals surface area contributed by atoms with E-state index >= 15 is 0 Å². The maximum Gasteiger partial charge on any atom is 0.361 e. The first kappa shape index (κ1) is 22.6. The van der Waals surface area contributed by atoms with Gasteiger partial charge >= 0.3 is 5.97 Å². The molecule has 0 spiro atoms. The molecule has 2 N–H and O–H groups in total. The molecule has 32 heavy (non-hydrogen) atoms. The SMILES string of the molecule is CCOC(=O)c1n[nH]nc1-c1ccc(OCC(=O)Nc2ccccc2OC)c(OCC)c1. The van der Waals surface area contributed by atoms with Crippen molar-refractivity contribution in [1.82, 2.24) is 15.4 Å². The van der Waals surface area contributed by atoms with E-state index in [0.29, 0.717) is 40.8 Å². The highest BCUT2D eigenvalue weighted by Crippen LogP contribution is 2.33. The summed E-state index contributed by atoms with van der Waals surface area (Å²) in [5, 5.41) is 13.1. The van der Waals surface area contributed by atoms with Gasteiger partial charge in [-0.1, -0.05) is 12.1 Å². The lowest BCUT2D eigenvalue weighted by Gasteiger charge is -2.14. The average Bonchev–Trinajstić information content (AvgIpc) is 3.29. The summed E-state index contributed by atoms with van der Waals surface area (Å²) in [5.41, 5.74) is 1.52. The molecule has 0 bridgehead atoms. The summed E-state index contributed by atoms with van der Waals surface area (Å²) in [7, 11) is 1.53. The standard InChI is InChI=1S/C22H24N4O6/c1-4-30-18-12-14(20-21(25-26-24-20)22(28)31-5-2)10-11-17(18)32-13-19(27)23-15-8-6-7-9-16(15)29-3/h6-12H,4-5,13H2,1-3H3,(H,23,27)(H,24,25,26). The summed E-state index contributed by atoms with van der Waals surface area (Å²) < 4.78 is 21.6. The molecule has 0 aliphatic rings. The largest absolute Gasteiger partial charge is 0.495 e. The molecule has 2 aromatic carbocycles. The molecule has 0 aliphatic heterocycles. The van der Waals surface area contributed by atoms with Gasteiger partial charge in [0.05, 0.1) is 26.0 Å². The molecule has 1 heterocycles. The molecule has 3 rings (SSSR count). The van der Waals surface area contributed by atoms with Gasteiger partial charge in [-0.05, 0) is 44.2 Å². The number of carbonyl (C=O) groups excluding carboxylic acids is 2. The molecular formula is C22H24N4O6. The number of nitrogens with one attached hydrogen (secondary N) is 2. The Morgan fingerprint density at radius 3 is 2.53 bits per heavy atom. The van der Waals surface area contributed by atoms with E-state index in [-0.39, 0.29) is 24.8 Å². The molecule has 10 heteroatoms. The maximum atomic E-state index is 12.4. The van der Waals surface area contributed by atoms with E-state index in [9.17, 15) is 9.59 Å². The van der Waals surface area contributed by atoms with Crippen molar-refractivity contribution in [2.24, 2.45) is 0 Å². The molecule has 3 aromatic rings. The number of amides is 1. The molecular weight excluding hydrogens is 416 g/mol. The normalized spacial score (nSPS) is 10.3. The van der Waals surface area contributed by atoms with Crippen molar-refractivity contribution in [2.75, 3.05) is 32.2 Å². The number of aromatic nitrogens is 3. The van der Waals surface area contributed by atoms with Crippen molar-refractivity contribution < 1.29 is 28.5 Å². The fourth-order valence-electron chi connectivity index (χ4n) is 2.89. The first-order valence-corrected chi connectivity index (χ1v) is 9.98. The summed E-state index contributed by atoms with van der Waals surface area (Å²) >= 11 is 0. The fraction of sp³-hybridized carbons (Fsp3) is 0.273. The number of methoxy groups -OCH3 is 1. The number of aromatic amines is 1. The van der Waals surface area contributed by atoms with Crippen LogP contribution in [0, 0.1) is 0 Å². The van der Waals surface area contributed by atoms with Crippen molar-refractivity contribution in [2.45, 2.75) is 13.8 Å². The van der Waals surface area contributed by atoms with Crippen LogP contribution in [-0.4, -0.2) is 54.2 Å². The number of hydrogen-bond donors (Lipinski definition) is 2. The predicted molar refractivity (Wildman–Crippen MR) is 116 cm³/mol. The molecule has 0 fully saturated rings. The van der Waals surface area contributed by atoms with Gasteiger partial charge in [-0.15, -0.1) is 5.10 Å². The number of benzene rings is 2. The molecule has 10 nitrogen and oxygen atoms in total. The molecule has 1 amide bonds. The molecule has 168 valence electrons. The average molecular weight is 440 g/mol. The van der Waals surface area contributed by atoms with Crippen molar-refractivity contribution in [3.05, 3.63) is 48.2 Å². The zero-order chi connectivity index (χ0) is 22.9. The Labute approximate surface area is 184 Å². The van der Waals surface area contributed by atoms with Gasteiger partial charge in [-0.3, -0.25) is 4.79 Å². The van der Waals surface area contributed by atoms with E-state index in [1.807, 2.05) is 13.0 Å². The predicted octanol–water partition coefficient (Wildman–Crippen LogP) is 3.07. The molecule has 0 aliphatic carbocycles. The van der Waals surface area contributed by atoms with E-state index in [2.05, 4.69) is 20.7 Å².